The third kappa shape index (κ3) is 5.41. The summed E-state index contributed by atoms with van der Waals surface area (Å²) in [5.41, 5.74) is 2.56. The van der Waals surface area contributed by atoms with Crippen molar-refractivity contribution in [2.75, 3.05) is 11.9 Å². The first-order valence-electron chi connectivity index (χ1n) is 9.38. The fraction of sp³-hybridized carbons (Fsp3) is 0.125. The summed E-state index contributed by atoms with van der Waals surface area (Å²) in [7, 11) is 0. The molecule has 31 heavy (non-hydrogen) atoms. The zero-order valence-electron chi connectivity index (χ0n) is 16.9. The van der Waals surface area contributed by atoms with Crippen LogP contribution in [0.1, 0.15) is 28.0 Å². The number of carbonyl (C=O) groups excluding carboxylic acids is 2. The number of benzene rings is 2. The van der Waals surface area contributed by atoms with Crippen molar-refractivity contribution in [2.45, 2.75) is 13.8 Å². The summed E-state index contributed by atoms with van der Waals surface area (Å²) in [6.45, 7) is 2.88. The minimum Gasteiger partial charge on any atom is -0.452 e. The number of nitrogens with one attached hydrogen (secondary N) is 1. The number of carbonyl (C=O) groups is 2. The van der Waals surface area contributed by atoms with Crippen LogP contribution in [0.5, 0.6) is 0 Å². The highest BCUT2D eigenvalue weighted by atomic mass is 35.5. The highest BCUT2D eigenvalue weighted by molar-refractivity contribution is 6.30. The Morgan fingerprint density at radius 2 is 1.81 bits per heavy atom. The van der Waals surface area contributed by atoms with Crippen LogP contribution in [0.2, 0.25) is 5.02 Å². The fourth-order valence-corrected chi connectivity index (χ4v) is 2.95. The van der Waals surface area contributed by atoms with Gasteiger partial charge in [0.1, 0.15) is 17.4 Å². The average Bonchev–Trinajstić information content (AvgIpc) is 3.04. The SMILES string of the molecule is Cc1oc(NC(=O)COC(=O)/C(=C/c2ccccc2)c2ccc(Cl)cc2)c(C#N)c1C. The normalized spacial score (nSPS) is 11.0. The summed E-state index contributed by atoms with van der Waals surface area (Å²) in [6, 6.07) is 18.0. The Labute approximate surface area is 184 Å². The van der Waals surface area contributed by atoms with E-state index in [0.29, 0.717) is 21.9 Å². The van der Waals surface area contributed by atoms with Gasteiger partial charge >= 0.3 is 5.97 Å². The molecule has 0 atom stereocenters. The Bertz CT molecular complexity index is 1170. The van der Waals surface area contributed by atoms with Gasteiger partial charge in [-0.15, -0.1) is 0 Å². The lowest BCUT2D eigenvalue weighted by Crippen LogP contribution is -2.21. The number of nitriles is 1. The first-order chi connectivity index (χ1) is 14.9. The molecular formula is C24H19ClN2O4. The maximum absolute atomic E-state index is 12.8. The third-order valence-corrected chi connectivity index (χ3v) is 4.82. The molecule has 0 fully saturated rings. The van der Waals surface area contributed by atoms with Crippen LogP contribution in [0.15, 0.2) is 59.0 Å². The lowest BCUT2D eigenvalue weighted by molar-refractivity contribution is -0.141. The van der Waals surface area contributed by atoms with Crippen molar-refractivity contribution < 1.29 is 18.7 Å². The van der Waals surface area contributed by atoms with E-state index in [1.165, 1.54) is 0 Å². The Kier molecular flexibility index (Phi) is 6.91. The summed E-state index contributed by atoms with van der Waals surface area (Å²) in [4.78, 5) is 25.1. The maximum Gasteiger partial charge on any atom is 0.339 e. The molecule has 6 nitrogen and oxygen atoms in total. The van der Waals surface area contributed by atoms with Gasteiger partial charge < -0.3 is 9.15 Å². The number of hydrogen-bond donors (Lipinski definition) is 1. The number of amides is 1. The number of halogens is 1. The van der Waals surface area contributed by atoms with Gasteiger partial charge in [0, 0.05) is 10.6 Å². The van der Waals surface area contributed by atoms with Crippen molar-refractivity contribution in [2.24, 2.45) is 0 Å². The molecule has 0 aliphatic heterocycles. The van der Waals surface area contributed by atoms with E-state index in [0.717, 1.165) is 5.56 Å². The van der Waals surface area contributed by atoms with Gasteiger partial charge in [0.15, 0.2) is 6.61 Å². The molecule has 1 amide bonds. The molecular weight excluding hydrogens is 416 g/mol. The first-order valence-corrected chi connectivity index (χ1v) is 9.76. The molecule has 0 saturated heterocycles. The Morgan fingerprint density at radius 3 is 2.45 bits per heavy atom. The number of furan rings is 1. The van der Waals surface area contributed by atoms with E-state index < -0.39 is 18.5 Å². The quantitative estimate of drug-likeness (QED) is 0.329. The Morgan fingerprint density at radius 1 is 1.13 bits per heavy atom. The molecule has 0 bridgehead atoms. The van der Waals surface area contributed by atoms with Gasteiger partial charge in [0.05, 0.1) is 5.57 Å². The van der Waals surface area contributed by atoms with Gasteiger partial charge in [-0.1, -0.05) is 54.1 Å². The van der Waals surface area contributed by atoms with E-state index in [2.05, 4.69) is 5.32 Å². The zero-order chi connectivity index (χ0) is 22.4. The maximum atomic E-state index is 12.8. The number of esters is 1. The van der Waals surface area contributed by atoms with Gasteiger partial charge in [0.25, 0.3) is 5.91 Å². The molecule has 0 aliphatic carbocycles. The summed E-state index contributed by atoms with van der Waals surface area (Å²) < 4.78 is 10.6. The van der Waals surface area contributed by atoms with Crippen molar-refractivity contribution in [1.29, 1.82) is 5.26 Å². The second-order valence-electron chi connectivity index (χ2n) is 6.70. The van der Waals surface area contributed by atoms with E-state index in [9.17, 15) is 14.9 Å². The molecule has 0 saturated carbocycles. The van der Waals surface area contributed by atoms with Crippen molar-refractivity contribution in [3.05, 3.63) is 87.6 Å². The van der Waals surface area contributed by atoms with Crippen LogP contribution in [0, 0.1) is 25.2 Å². The molecule has 0 spiro atoms. The number of hydrogen-bond acceptors (Lipinski definition) is 5. The molecule has 2 aromatic carbocycles. The summed E-state index contributed by atoms with van der Waals surface area (Å²) >= 11 is 5.95. The summed E-state index contributed by atoms with van der Waals surface area (Å²) in [5.74, 6) is -0.724. The van der Waals surface area contributed by atoms with Crippen molar-refractivity contribution in [1.82, 2.24) is 0 Å². The van der Waals surface area contributed by atoms with Gasteiger partial charge in [-0.25, -0.2) is 4.79 Å². The molecule has 3 rings (SSSR count). The van der Waals surface area contributed by atoms with E-state index in [1.807, 2.05) is 36.4 Å². The van der Waals surface area contributed by atoms with Crippen LogP contribution in [0.25, 0.3) is 11.6 Å². The molecule has 0 unspecified atom stereocenters. The topological polar surface area (TPSA) is 92.3 Å². The molecule has 0 aliphatic rings. The smallest absolute Gasteiger partial charge is 0.339 e. The number of aryl methyl sites for hydroxylation is 1. The lowest BCUT2D eigenvalue weighted by Gasteiger charge is -2.09. The predicted molar refractivity (Wildman–Crippen MR) is 118 cm³/mol. The second kappa shape index (κ2) is 9.79. The van der Waals surface area contributed by atoms with E-state index in [1.54, 1.807) is 44.2 Å². The van der Waals surface area contributed by atoms with E-state index in [-0.39, 0.29) is 17.0 Å². The molecule has 1 heterocycles. The first kappa shape index (κ1) is 21.9. The zero-order valence-corrected chi connectivity index (χ0v) is 17.7. The predicted octanol–water partition coefficient (Wildman–Crippen LogP) is 5.14. The fourth-order valence-electron chi connectivity index (χ4n) is 2.83. The molecule has 1 aromatic heterocycles. The number of anilines is 1. The van der Waals surface area contributed by atoms with Crippen LogP contribution in [-0.4, -0.2) is 18.5 Å². The summed E-state index contributed by atoms with van der Waals surface area (Å²) in [6.07, 6.45) is 1.68. The van der Waals surface area contributed by atoms with E-state index in [4.69, 9.17) is 20.8 Å². The van der Waals surface area contributed by atoms with Gasteiger partial charge in [-0.3, -0.25) is 10.1 Å². The highest BCUT2D eigenvalue weighted by Gasteiger charge is 2.19. The van der Waals surface area contributed by atoms with Crippen molar-refractivity contribution >= 4 is 41.0 Å². The molecule has 7 heteroatoms. The van der Waals surface area contributed by atoms with Crippen molar-refractivity contribution in [3.8, 4) is 6.07 Å². The largest absolute Gasteiger partial charge is 0.452 e. The lowest BCUT2D eigenvalue weighted by atomic mass is 10.0. The van der Waals surface area contributed by atoms with Crippen molar-refractivity contribution in [3.63, 3.8) is 0 Å². The molecule has 0 radical (unpaired) electrons. The van der Waals surface area contributed by atoms with Gasteiger partial charge in [-0.05, 0) is 43.2 Å². The Hall–Kier alpha value is -3.82. The second-order valence-corrected chi connectivity index (χ2v) is 7.14. The molecule has 156 valence electrons. The van der Waals surface area contributed by atoms with Gasteiger partial charge in [0.2, 0.25) is 5.88 Å². The number of ether oxygens (including phenoxy) is 1. The van der Waals surface area contributed by atoms with Crippen LogP contribution >= 0.6 is 11.6 Å². The molecule has 3 aromatic rings. The number of nitrogens with zero attached hydrogens (tertiary/aromatic N) is 1. The highest BCUT2D eigenvalue weighted by Crippen LogP contribution is 2.25. The minimum atomic E-state index is -0.673. The Balaban J connectivity index is 1.76. The van der Waals surface area contributed by atoms with Crippen LogP contribution in [0.3, 0.4) is 0 Å². The average molecular weight is 435 g/mol. The van der Waals surface area contributed by atoms with Gasteiger partial charge in [-0.2, -0.15) is 5.26 Å². The number of rotatable bonds is 6. The standard InChI is InChI=1S/C24H19ClN2O4/c1-15-16(2)31-23(21(15)13-26)27-22(28)14-30-24(29)20(12-17-6-4-3-5-7-17)18-8-10-19(25)11-9-18/h3-12H,14H2,1-2H3,(H,27,28)/b20-12+. The minimum absolute atomic E-state index is 0.0382. The van der Waals surface area contributed by atoms with Crippen LogP contribution in [0.4, 0.5) is 5.88 Å². The van der Waals surface area contributed by atoms with Crippen LogP contribution in [-0.2, 0) is 14.3 Å². The molecule has 1 N–H and O–H groups in total. The van der Waals surface area contributed by atoms with E-state index >= 15 is 0 Å². The summed E-state index contributed by atoms with van der Waals surface area (Å²) in [5, 5.41) is 12.2. The monoisotopic (exact) mass is 434 g/mol. The van der Waals surface area contributed by atoms with Crippen LogP contribution < -0.4 is 5.32 Å². The third-order valence-electron chi connectivity index (χ3n) is 4.57.